The van der Waals surface area contributed by atoms with Gasteiger partial charge in [0.05, 0.1) is 18.1 Å². The smallest absolute Gasteiger partial charge is 0.234 e. The summed E-state index contributed by atoms with van der Waals surface area (Å²) in [6, 6.07) is 16.3. The summed E-state index contributed by atoms with van der Waals surface area (Å²) in [7, 11) is 0. The number of carbonyl (C=O) groups is 1. The second-order valence-corrected chi connectivity index (χ2v) is 7.58. The van der Waals surface area contributed by atoms with Crippen LogP contribution in [0.2, 0.25) is 10.0 Å². The van der Waals surface area contributed by atoms with Gasteiger partial charge in [-0.05, 0) is 61.5 Å². The van der Waals surface area contributed by atoms with Crippen LogP contribution < -0.4 is 10.1 Å². The molecule has 2 aromatic carbocycles. The molecular formula is C20H17Cl2N3O2S. The van der Waals surface area contributed by atoms with E-state index in [0.717, 1.165) is 17.0 Å². The average molecular weight is 434 g/mol. The van der Waals surface area contributed by atoms with Gasteiger partial charge in [-0.25, -0.2) is 0 Å². The van der Waals surface area contributed by atoms with Crippen molar-refractivity contribution in [2.24, 2.45) is 0 Å². The Morgan fingerprint density at radius 1 is 1.04 bits per heavy atom. The molecule has 3 aromatic rings. The molecule has 8 heteroatoms. The van der Waals surface area contributed by atoms with Crippen molar-refractivity contribution in [1.82, 2.24) is 10.2 Å². The first-order chi connectivity index (χ1) is 13.5. The SMILES string of the molecule is CCOc1ccc(-c2ccc(SCC(=O)Nc3cc(Cl)cc(Cl)c3)nn2)cc1. The molecule has 5 nitrogen and oxygen atoms in total. The fourth-order valence-corrected chi connectivity index (χ4v) is 3.54. The van der Waals surface area contributed by atoms with E-state index in [1.807, 2.05) is 43.3 Å². The summed E-state index contributed by atoms with van der Waals surface area (Å²) in [5, 5.41) is 12.8. The van der Waals surface area contributed by atoms with Gasteiger partial charge in [-0.1, -0.05) is 35.0 Å². The summed E-state index contributed by atoms with van der Waals surface area (Å²) in [6.45, 7) is 2.57. The van der Waals surface area contributed by atoms with Crippen molar-refractivity contribution in [3.8, 4) is 17.0 Å². The van der Waals surface area contributed by atoms with Crippen molar-refractivity contribution in [1.29, 1.82) is 0 Å². The molecule has 0 aliphatic rings. The molecule has 0 radical (unpaired) electrons. The molecule has 0 spiro atoms. The van der Waals surface area contributed by atoms with E-state index in [1.54, 1.807) is 18.2 Å². The van der Waals surface area contributed by atoms with Crippen LogP contribution in [0, 0.1) is 0 Å². The number of nitrogens with zero attached hydrogens (tertiary/aromatic N) is 2. The summed E-state index contributed by atoms with van der Waals surface area (Å²) in [5.74, 6) is 0.834. The van der Waals surface area contributed by atoms with Crippen LogP contribution in [0.5, 0.6) is 5.75 Å². The molecule has 1 N–H and O–H groups in total. The maximum Gasteiger partial charge on any atom is 0.234 e. The van der Waals surface area contributed by atoms with E-state index >= 15 is 0 Å². The molecule has 144 valence electrons. The number of rotatable bonds is 7. The first-order valence-electron chi connectivity index (χ1n) is 8.49. The number of halogens is 2. The molecule has 1 aromatic heterocycles. The van der Waals surface area contributed by atoms with Crippen LogP contribution in [0.3, 0.4) is 0 Å². The average Bonchev–Trinajstić information content (AvgIpc) is 2.67. The van der Waals surface area contributed by atoms with Gasteiger partial charge >= 0.3 is 0 Å². The van der Waals surface area contributed by atoms with Gasteiger partial charge in [-0.2, -0.15) is 0 Å². The zero-order chi connectivity index (χ0) is 19.9. The zero-order valence-corrected chi connectivity index (χ0v) is 17.3. The number of hydrogen-bond donors (Lipinski definition) is 1. The van der Waals surface area contributed by atoms with Gasteiger partial charge in [0.2, 0.25) is 5.91 Å². The van der Waals surface area contributed by atoms with Crippen molar-refractivity contribution < 1.29 is 9.53 Å². The number of ether oxygens (including phenoxy) is 1. The number of benzene rings is 2. The quantitative estimate of drug-likeness (QED) is 0.492. The third kappa shape index (κ3) is 5.86. The lowest BCUT2D eigenvalue weighted by Crippen LogP contribution is -2.14. The fraction of sp³-hybridized carbons (Fsp3) is 0.150. The number of hydrogen-bond acceptors (Lipinski definition) is 5. The van der Waals surface area contributed by atoms with Gasteiger partial charge < -0.3 is 10.1 Å². The number of nitrogens with one attached hydrogen (secondary N) is 1. The molecule has 28 heavy (non-hydrogen) atoms. The third-order valence-corrected chi connectivity index (χ3v) is 4.96. The number of thioether (sulfide) groups is 1. The Balaban J connectivity index is 1.55. The molecule has 0 saturated heterocycles. The van der Waals surface area contributed by atoms with E-state index in [9.17, 15) is 4.79 Å². The normalized spacial score (nSPS) is 10.5. The van der Waals surface area contributed by atoms with Crippen LogP contribution in [0.1, 0.15) is 6.92 Å². The monoisotopic (exact) mass is 433 g/mol. The van der Waals surface area contributed by atoms with Crippen molar-refractivity contribution in [2.45, 2.75) is 11.9 Å². The van der Waals surface area contributed by atoms with Gasteiger partial charge in [-0.3, -0.25) is 4.79 Å². The maximum atomic E-state index is 12.1. The van der Waals surface area contributed by atoms with E-state index in [0.29, 0.717) is 27.4 Å². The Morgan fingerprint density at radius 2 is 1.75 bits per heavy atom. The minimum absolute atomic E-state index is 0.180. The van der Waals surface area contributed by atoms with Crippen molar-refractivity contribution in [3.05, 3.63) is 64.6 Å². The second kappa shape index (κ2) is 9.78. The minimum Gasteiger partial charge on any atom is -0.494 e. The molecule has 0 atom stereocenters. The summed E-state index contributed by atoms with van der Waals surface area (Å²) in [5.41, 5.74) is 2.26. The van der Waals surface area contributed by atoms with E-state index in [-0.39, 0.29) is 11.7 Å². The number of aromatic nitrogens is 2. The highest BCUT2D eigenvalue weighted by atomic mass is 35.5. The Hall–Kier alpha value is -2.28. The third-order valence-electron chi connectivity index (χ3n) is 3.60. The number of amides is 1. The second-order valence-electron chi connectivity index (χ2n) is 5.71. The van der Waals surface area contributed by atoms with Crippen LogP contribution in [0.25, 0.3) is 11.3 Å². The molecule has 0 aliphatic heterocycles. The minimum atomic E-state index is -0.180. The zero-order valence-electron chi connectivity index (χ0n) is 15.0. The van der Waals surface area contributed by atoms with Crippen LogP contribution >= 0.6 is 35.0 Å². The highest BCUT2D eigenvalue weighted by molar-refractivity contribution is 7.99. The molecule has 1 amide bonds. The van der Waals surface area contributed by atoms with Crippen LogP contribution in [0.15, 0.2) is 59.6 Å². The van der Waals surface area contributed by atoms with Crippen LogP contribution in [-0.2, 0) is 4.79 Å². The van der Waals surface area contributed by atoms with Gasteiger partial charge in [-0.15, -0.1) is 10.2 Å². The van der Waals surface area contributed by atoms with Crippen LogP contribution in [-0.4, -0.2) is 28.5 Å². The van der Waals surface area contributed by atoms with Crippen LogP contribution in [0.4, 0.5) is 5.69 Å². The summed E-state index contributed by atoms with van der Waals surface area (Å²) < 4.78 is 5.43. The summed E-state index contributed by atoms with van der Waals surface area (Å²) in [4.78, 5) is 12.1. The Kier molecular flexibility index (Phi) is 7.14. The highest BCUT2D eigenvalue weighted by Crippen LogP contribution is 2.24. The lowest BCUT2D eigenvalue weighted by atomic mass is 10.1. The first-order valence-corrected chi connectivity index (χ1v) is 10.2. The topological polar surface area (TPSA) is 64.1 Å². The molecule has 0 bridgehead atoms. The Bertz CT molecular complexity index is 930. The standard InChI is InChI=1S/C20H17Cl2N3O2S/c1-2-27-17-5-3-13(4-6-17)18-7-8-20(25-24-18)28-12-19(26)23-16-10-14(21)9-15(22)11-16/h3-11H,2,12H2,1H3,(H,23,26). The summed E-state index contributed by atoms with van der Waals surface area (Å²) >= 11 is 13.2. The number of anilines is 1. The summed E-state index contributed by atoms with van der Waals surface area (Å²) in [6.07, 6.45) is 0. The lowest BCUT2D eigenvalue weighted by Gasteiger charge is -2.07. The van der Waals surface area contributed by atoms with Crippen molar-refractivity contribution in [3.63, 3.8) is 0 Å². The lowest BCUT2D eigenvalue weighted by molar-refractivity contribution is -0.113. The van der Waals surface area contributed by atoms with Gasteiger partial charge in [0, 0.05) is 21.3 Å². The molecule has 0 saturated carbocycles. The van der Waals surface area contributed by atoms with Gasteiger partial charge in [0.15, 0.2) is 0 Å². The van der Waals surface area contributed by atoms with Gasteiger partial charge in [0.1, 0.15) is 10.8 Å². The maximum absolute atomic E-state index is 12.1. The van der Waals surface area contributed by atoms with Gasteiger partial charge in [0.25, 0.3) is 0 Å². The van der Waals surface area contributed by atoms with E-state index in [1.165, 1.54) is 11.8 Å². The Labute approximate surface area is 177 Å². The molecule has 3 rings (SSSR count). The number of carbonyl (C=O) groups excluding carboxylic acids is 1. The molecule has 1 heterocycles. The van der Waals surface area contributed by atoms with E-state index < -0.39 is 0 Å². The highest BCUT2D eigenvalue weighted by Gasteiger charge is 2.08. The fourth-order valence-electron chi connectivity index (χ4n) is 2.40. The first kappa shape index (κ1) is 20.5. The molecule has 0 aliphatic carbocycles. The van der Waals surface area contributed by atoms with E-state index in [2.05, 4.69) is 15.5 Å². The van der Waals surface area contributed by atoms with E-state index in [4.69, 9.17) is 27.9 Å². The predicted molar refractivity (Wildman–Crippen MR) is 114 cm³/mol. The largest absolute Gasteiger partial charge is 0.494 e. The Morgan fingerprint density at radius 3 is 2.36 bits per heavy atom. The molecular weight excluding hydrogens is 417 g/mol. The predicted octanol–water partition coefficient (Wildman–Crippen LogP) is 5.58. The van der Waals surface area contributed by atoms with Crippen molar-refractivity contribution in [2.75, 3.05) is 17.7 Å². The molecule has 0 fully saturated rings. The van der Waals surface area contributed by atoms with Crippen molar-refractivity contribution >= 4 is 46.6 Å². The molecule has 0 unspecified atom stereocenters.